The number of rotatable bonds is 7. The SMILES string of the molecule is C[C@](O)(c1ccnc(-c2cccc3cc([C@H](NS(=O)(=O)C4CC4)c4ccccc4Cl)[nH]c23)c1)C(F)(F)F. The van der Waals surface area contributed by atoms with E-state index in [1.165, 1.54) is 12.3 Å². The maximum absolute atomic E-state index is 13.4. The number of benzene rings is 2. The molecular weight excluding hydrogens is 527 g/mol. The van der Waals surface area contributed by atoms with Gasteiger partial charge in [-0.15, -0.1) is 0 Å². The van der Waals surface area contributed by atoms with Gasteiger partial charge in [0.15, 0.2) is 5.60 Å². The topological polar surface area (TPSA) is 95.1 Å². The summed E-state index contributed by atoms with van der Waals surface area (Å²) in [6.07, 6.45) is -2.49. The number of fused-ring (bicyclic) bond motifs is 1. The molecule has 0 bridgehead atoms. The van der Waals surface area contributed by atoms with Crippen LogP contribution in [-0.4, -0.2) is 34.9 Å². The predicted molar refractivity (Wildman–Crippen MR) is 136 cm³/mol. The number of hydrogen-bond acceptors (Lipinski definition) is 4. The summed E-state index contributed by atoms with van der Waals surface area (Å²) >= 11 is 6.44. The van der Waals surface area contributed by atoms with Gasteiger partial charge in [0.1, 0.15) is 0 Å². The maximum atomic E-state index is 13.4. The second kappa shape index (κ2) is 9.13. The lowest BCUT2D eigenvalue weighted by molar-refractivity contribution is -0.258. The molecule has 1 saturated carbocycles. The molecule has 5 rings (SSSR count). The van der Waals surface area contributed by atoms with Gasteiger partial charge in [-0.2, -0.15) is 13.2 Å². The van der Waals surface area contributed by atoms with Gasteiger partial charge in [0.05, 0.1) is 22.5 Å². The first kappa shape index (κ1) is 25.7. The normalized spacial score (nSPS) is 17.0. The van der Waals surface area contributed by atoms with Crippen LogP contribution in [0.5, 0.6) is 0 Å². The third kappa shape index (κ3) is 4.86. The van der Waals surface area contributed by atoms with E-state index in [0.29, 0.717) is 52.5 Å². The monoisotopic (exact) mass is 549 g/mol. The highest BCUT2D eigenvalue weighted by atomic mass is 35.5. The molecule has 194 valence electrons. The molecule has 37 heavy (non-hydrogen) atoms. The van der Waals surface area contributed by atoms with Crippen molar-refractivity contribution in [3.8, 4) is 11.3 Å². The maximum Gasteiger partial charge on any atom is 0.421 e. The van der Waals surface area contributed by atoms with Crippen LogP contribution >= 0.6 is 11.6 Å². The van der Waals surface area contributed by atoms with E-state index in [2.05, 4.69) is 14.7 Å². The van der Waals surface area contributed by atoms with Crippen molar-refractivity contribution >= 4 is 32.5 Å². The van der Waals surface area contributed by atoms with E-state index in [1.54, 1.807) is 48.5 Å². The van der Waals surface area contributed by atoms with Crippen LogP contribution in [0.4, 0.5) is 13.2 Å². The largest absolute Gasteiger partial charge is 0.421 e. The number of H-pyrrole nitrogens is 1. The van der Waals surface area contributed by atoms with Gasteiger partial charge in [-0.25, -0.2) is 13.1 Å². The first-order valence-electron chi connectivity index (χ1n) is 11.5. The Labute approximate surface area is 216 Å². The number of hydrogen-bond donors (Lipinski definition) is 3. The molecule has 0 radical (unpaired) electrons. The number of aliphatic hydroxyl groups is 1. The summed E-state index contributed by atoms with van der Waals surface area (Å²) < 4.78 is 68.9. The Morgan fingerprint density at radius 1 is 1.11 bits per heavy atom. The van der Waals surface area contributed by atoms with Crippen LogP contribution in [0.2, 0.25) is 5.02 Å². The van der Waals surface area contributed by atoms with Crippen molar-refractivity contribution in [2.75, 3.05) is 0 Å². The van der Waals surface area contributed by atoms with Crippen LogP contribution in [-0.2, 0) is 15.6 Å². The summed E-state index contributed by atoms with van der Waals surface area (Å²) in [6, 6.07) is 15.4. The lowest BCUT2D eigenvalue weighted by Gasteiger charge is -2.26. The molecule has 0 saturated heterocycles. The third-order valence-electron chi connectivity index (χ3n) is 6.60. The second-order valence-corrected chi connectivity index (χ2v) is 11.7. The van der Waals surface area contributed by atoms with Crippen LogP contribution in [0.25, 0.3) is 22.2 Å². The van der Waals surface area contributed by atoms with Crippen molar-refractivity contribution in [1.82, 2.24) is 14.7 Å². The Hall–Kier alpha value is -2.92. The fourth-order valence-corrected chi connectivity index (χ4v) is 6.01. The van der Waals surface area contributed by atoms with Gasteiger partial charge in [0, 0.05) is 27.9 Å². The molecule has 2 atom stereocenters. The molecule has 0 unspecified atom stereocenters. The third-order valence-corrected chi connectivity index (χ3v) is 8.86. The highest BCUT2D eigenvalue weighted by molar-refractivity contribution is 7.90. The Morgan fingerprint density at radius 2 is 1.84 bits per heavy atom. The highest BCUT2D eigenvalue weighted by Crippen LogP contribution is 2.40. The zero-order valence-electron chi connectivity index (χ0n) is 19.6. The Morgan fingerprint density at radius 3 is 2.51 bits per heavy atom. The molecule has 11 heteroatoms. The Bertz CT molecular complexity index is 1580. The molecule has 4 aromatic rings. The van der Waals surface area contributed by atoms with Crippen LogP contribution < -0.4 is 4.72 Å². The number of aromatic nitrogens is 2. The number of aromatic amines is 1. The number of halogens is 4. The van der Waals surface area contributed by atoms with E-state index in [0.717, 1.165) is 6.07 Å². The Kier molecular flexibility index (Phi) is 6.34. The van der Waals surface area contributed by atoms with E-state index in [-0.39, 0.29) is 11.3 Å². The van der Waals surface area contributed by atoms with E-state index in [9.17, 15) is 26.7 Å². The summed E-state index contributed by atoms with van der Waals surface area (Å²) in [6.45, 7) is 0.694. The van der Waals surface area contributed by atoms with Crippen molar-refractivity contribution in [2.45, 2.75) is 42.8 Å². The fourth-order valence-electron chi connectivity index (χ4n) is 4.23. The molecule has 6 nitrogen and oxygen atoms in total. The molecule has 3 N–H and O–H groups in total. The number of nitrogens with one attached hydrogen (secondary N) is 2. The molecule has 1 aliphatic carbocycles. The van der Waals surface area contributed by atoms with E-state index < -0.39 is 33.1 Å². The molecular formula is C26H23ClF3N3O3S. The van der Waals surface area contributed by atoms with E-state index >= 15 is 0 Å². The summed E-state index contributed by atoms with van der Waals surface area (Å²) in [5.41, 5.74) is -1.08. The molecule has 2 aromatic carbocycles. The summed E-state index contributed by atoms with van der Waals surface area (Å²) in [4.78, 5) is 7.49. The van der Waals surface area contributed by atoms with Crippen molar-refractivity contribution in [3.63, 3.8) is 0 Å². The smallest absolute Gasteiger partial charge is 0.376 e. The minimum Gasteiger partial charge on any atom is -0.376 e. The minimum atomic E-state index is -4.88. The van der Waals surface area contributed by atoms with Gasteiger partial charge < -0.3 is 10.1 Å². The van der Waals surface area contributed by atoms with Crippen LogP contribution in [0.3, 0.4) is 0 Å². The number of sulfonamides is 1. The van der Waals surface area contributed by atoms with Gasteiger partial charge in [0.25, 0.3) is 0 Å². The Balaban J connectivity index is 1.62. The van der Waals surface area contributed by atoms with Gasteiger partial charge in [0.2, 0.25) is 10.0 Å². The molecule has 1 aliphatic rings. The predicted octanol–water partition coefficient (Wildman–Crippen LogP) is 5.82. The van der Waals surface area contributed by atoms with Crippen molar-refractivity contribution < 1.29 is 26.7 Å². The summed E-state index contributed by atoms with van der Waals surface area (Å²) in [5, 5.41) is 10.8. The standard InChI is InChI=1S/C26H23ClF3N3O3S/c1-25(34,26(28,29)30)16-11-12-31-21(14-16)19-7-4-5-15-13-22(32-23(15)19)24(18-6-2-3-8-20(18)27)33-37(35,36)17-9-10-17/h2-8,11-14,17,24,32-34H,9-10H2,1H3/t24-,25+/m1/s1. The van der Waals surface area contributed by atoms with Crippen LogP contribution in [0.1, 0.15) is 42.6 Å². The van der Waals surface area contributed by atoms with Gasteiger partial charge in [-0.05, 0) is 55.2 Å². The van der Waals surface area contributed by atoms with Crippen LogP contribution in [0.15, 0.2) is 66.9 Å². The number of pyridine rings is 1. The first-order chi connectivity index (χ1) is 17.4. The van der Waals surface area contributed by atoms with Gasteiger partial charge >= 0.3 is 6.18 Å². The number of alkyl halides is 3. The van der Waals surface area contributed by atoms with Crippen molar-refractivity contribution in [2.24, 2.45) is 0 Å². The zero-order valence-corrected chi connectivity index (χ0v) is 21.1. The second-order valence-electron chi connectivity index (χ2n) is 9.31. The fraction of sp³-hybridized carbons (Fsp3) is 0.269. The van der Waals surface area contributed by atoms with Gasteiger partial charge in [-0.1, -0.05) is 48.0 Å². The molecule has 2 heterocycles. The van der Waals surface area contributed by atoms with Gasteiger partial charge in [-0.3, -0.25) is 4.98 Å². The average Bonchev–Trinajstić information content (AvgIpc) is 3.62. The van der Waals surface area contributed by atoms with Crippen LogP contribution in [0, 0.1) is 0 Å². The first-order valence-corrected chi connectivity index (χ1v) is 13.4. The molecule has 0 aliphatic heterocycles. The van der Waals surface area contributed by atoms with E-state index in [1.807, 2.05) is 0 Å². The lowest BCUT2D eigenvalue weighted by Crippen LogP contribution is -2.39. The summed E-state index contributed by atoms with van der Waals surface area (Å²) in [7, 11) is -3.61. The minimum absolute atomic E-state index is 0.217. The number of nitrogens with zero attached hydrogens (tertiary/aromatic N) is 1. The quantitative estimate of drug-likeness (QED) is 0.270. The molecule has 0 spiro atoms. The lowest BCUT2D eigenvalue weighted by atomic mass is 9.94. The summed E-state index contributed by atoms with van der Waals surface area (Å²) in [5.74, 6) is 0. The van der Waals surface area contributed by atoms with E-state index in [4.69, 9.17) is 11.6 Å². The molecule has 0 amide bonds. The number of para-hydroxylation sites is 1. The zero-order chi connectivity index (χ0) is 26.6. The van der Waals surface area contributed by atoms with Crippen molar-refractivity contribution in [3.05, 3.63) is 88.7 Å². The van der Waals surface area contributed by atoms with Crippen molar-refractivity contribution in [1.29, 1.82) is 0 Å². The average molecular weight is 550 g/mol. The molecule has 1 fully saturated rings. The highest BCUT2D eigenvalue weighted by Gasteiger charge is 2.51. The molecule has 2 aromatic heterocycles.